The molecule has 6 heteroatoms. The van der Waals surface area contributed by atoms with Gasteiger partial charge in [0.25, 0.3) is 0 Å². The van der Waals surface area contributed by atoms with Gasteiger partial charge in [-0.2, -0.15) is 0 Å². The van der Waals surface area contributed by atoms with E-state index in [4.69, 9.17) is 4.74 Å². The van der Waals surface area contributed by atoms with Gasteiger partial charge in [-0.25, -0.2) is 0 Å². The van der Waals surface area contributed by atoms with Crippen molar-refractivity contribution in [2.75, 3.05) is 50.1 Å². The van der Waals surface area contributed by atoms with E-state index in [1.54, 1.807) is 14.0 Å². The molecule has 0 unspecified atom stereocenters. The van der Waals surface area contributed by atoms with Crippen LogP contribution in [0.4, 0.5) is 11.4 Å². The van der Waals surface area contributed by atoms with Crippen molar-refractivity contribution in [1.82, 2.24) is 4.90 Å². The van der Waals surface area contributed by atoms with Gasteiger partial charge < -0.3 is 15.0 Å². The lowest BCUT2D eigenvalue weighted by atomic mass is 10.1. The molecule has 0 spiro atoms. The predicted molar refractivity (Wildman–Crippen MR) is 107 cm³/mol. The SMILES string of the molecule is COc1ccc(NC(=O)CN2CCN(c3ccc(C(C)=O)cc3)CC2)cc1. The molecule has 1 aliphatic rings. The molecule has 0 atom stereocenters. The van der Waals surface area contributed by atoms with Gasteiger partial charge in [0, 0.05) is 43.1 Å². The number of Topliss-reactive ketones (excluding diaryl/α,β-unsaturated/α-hetero) is 1. The highest BCUT2D eigenvalue weighted by atomic mass is 16.5. The summed E-state index contributed by atoms with van der Waals surface area (Å²) in [5, 5.41) is 2.92. The number of benzene rings is 2. The van der Waals surface area contributed by atoms with E-state index in [9.17, 15) is 9.59 Å². The second kappa shape index (κ2) is 8.68. The summed E-state index contributed by atoms with van der Waals surface area (Å²) in [6.45, 7) is 5.31. The monoisotopic (exact) mass is 367 g/mol. The maximum atomic E-state index is 12.3. The van der Waals surface area contributed by atoms with E-state index in [0.717, 1.165) is 48.9 Å². The van der Waals surface area contributed by atoms with E-state index >= 15 is 0 Å². The van der Waals surface area contributed by atoms with Crippen molar-refractivity contribution in [3.05, 3.63) is 54.1 Å². The van der Waals surface area contributed by atoms with E-state index in [1.165, 1.54) is 0 Å². The number of ether oxygens (including phenoxy) is 1. The molecule has 0 saturated carbocycles. The minimum Gasteiger partial charge on any atom is -0.497 e. The van der Waals surface area contributed by atoms with Gasteiger partial charge in [0.15, 0.2) is 5.78 Å². The average Bonchev–Trinajstić information content (AvgIpc) is 2.69. The van der Waals surface area contributed by atoms with Gasteiger partial charge in [-0.1, -0.05) is 0 Å². The van der Waals surface area contributed by atoms with Gasteiger partial charge >= 0.3 is 0 Å². The molecule has 1 fully saturated rings. The van der Waals surface area contributed by atoms with Gasteiger partial charge in [-0.3, -0.25) is 14.5 Å². The van der Waals surface area contributed by atoms with Crippen LogP contribution in [0.3, 0.4) is 0 Å². The summed E-state index contributed by atoms with van der Waals surface area (Å²) in [7, 11) is 1.62. The third-order valence-corrected chi connectivity index (χ3v) is 4.75. The molecule has 0 radical (unpaired) electrons. The van der Waals surface area contributed by atoms with Crippen LogP contribution in [0.15, 0.2) is 48.5 Å². The van der Waals surface area contributed by atoms with Crippen LogP contribution in [0.1, 0.15) is 17.3 Å². The Morgan fingerprint density at radius 2 is 1.59 bits per heavy atom. The Balaban J connectivity index is 1.47. The van der Waals surface area contributed by atoms with E-state index in [-0.39, 0.29) is 11.7 Å². The van der Waals surface area contributed by atoms with E-state index in [1.807, 2.05) is 48.5 Å². The lowest BCUT2D eigenvalue weighted by Crippen LogP contribution is -2.48. The zero-order valence-corrected chi connectivity index (χ0v) is 15.8. The lowest BCUT2D eigenvalue weighted by Gasteiger charge is -2.35. The number of carbonyl (C=O) groups is 2. The Labute approximate surface area is 159 Å². The largest absolute Gasteiger partial charge is 0.497 e. The fourth-order valence-corrected chi connectivity index (χ4v) is 3.15. The second-order valence-corrected chi connectivity index (χ2v) is 6.64. The summed E-state index contributed by atoms with van der Waals surface area (Å²) >= 11 is 0. The zero-order chi connectivity index (χ0) is 19.2. The molecule has 2 aromatic rings. The molecular formula is C21H25N3O3. The molecule has 2 aromatic carbocycles. The summed E-state index contributed by atoms with van der Waals surface area (Å²) < 4.78 is 5.12. The number of nitrogens with zero attached hydrogens (tertiary/aromatic N) is 2. The van der Waals surface area contributed by atoms with Crippen LogP contribution >= 0.6 is 0 Å². The molecule has 1 amide bonds. The van der Waals surface area contributed by atoms with Crippen LogP contribution in [0.5, 0.6) is 5.75 Å². The Hall–Kier alpha value is -2.86. The summed E-state index contributed by atoms with van der Waals surface area (Å²) in [6, 6.07) is 15.0. The van der Waals surface area contributed by atoms with Crippen LogP contribution in [0.2, 0.25) is 0 Å². The summed E-state index contributed by atoms with van der Waals surface area (Å²) in [6.07, 6.45) is 0. The van der Waals surface area contributed by atoms with Crippen molar-refractivity contribution >= 4 is 23.1 Å². The van der Waals surface area contributed by atoms with E-state index in [2.05, 4.69) is 15.1 Å². The van der Waals surface area contributed by atoms with Crippen molar-refractivity contribution in [1.29, 1.82) is 0 Å². The normalized spacial score (nSPS) is 14.7. The predicted octanol–water partition coefficient (Wildman–Crippen LogP) is 2.66. The highest BCUT2D eigenvalue weighted by Crippen LogP contribution is 2.18. The summed E-state index contributed by atoms with van der Waals surface area (Å²) in [5.74, 6) is 0.828. The van der Waals surface area contributed by atoms with E-state index < -0.39 is 0 Å². The van der Waals surface area contributed by atoms with Crippen molar-refractivity contribution in [2.24, 2.45) is 0 Å². The number of anilines is 2. The highest BCUT2D eigenvalue weighted by molar-refractivity contribution is 5.94. The number of carbonyl (C=O) groups excluding carboxylic acids is 2. The maximum Gasteiger partial charge on any atom is 0.238 e. The third-order valence-electron chi connectivity index (χ3n) is 4.75. The van der Waals surface area contributed by atoms with Crippen molar-refractivity contribution in [3.8, 4) is 5.75 Å². The molecule has 6 nitrogen and oxygen atoms in total. The molecular weight excluding hydrogens is 342 g/mol. The summed E-state index contributed by atoms with van der Waals surface area (Å²) in [4.78, 5) is 28.1. The van der Waals surface area contributed by atoms with Gasteiger partial charge in [-0.05, 0) is 55.5 Å². The molecule has 0 aromatic heterocycles. The molecule has 27 heavy (non-hydrogen) atoms. The van der Waals surface area contributed by atoms with Crippen molar-refractivity contribution in [3.63, 3.8) is 0 Å². The first-order valence-electron chi connectivity index (χ1n) is 9.07. The third kappa shape index (κ3) is 5.08. The van der Waals surface area contributed by atoms with Crippen molar-refractivity contribution < 1.29 is 14.3 Å². The number of hydrogen-bond acceptors (Lipinski definition) is 5. The number of hydrogen-bond donors (Lipinski definition) is 1. The van der Waals surface area contributed by atoms with Crippen LogP contribution in [-0.2, 0) is 4.79 Å². The average molecular weight is 367 g/mol. The van der Waals surface area contributed by atoms with Crippen LogP contribution in [0, 0.1) is 0 Å². The first-order valence-corrected chi connectivity index (χ1v) is 9.07. The smallest absolute Gasteiger partial charge is 0.238 e. The zero-order valence-electron chi connectivity index (χ0n) is 15.8. The molecule has 1 saturated heterocycles. The number of rotatable bonds is 6. The maximum absolute atomic E-state index is 12.3. The van der Waals surface area contributed by atoms with Gasteiger partial charge in [-0.15, -0.1) is 0 Å². The molecule has 0 aliphatic carbocycles. The molecule has 1 aliphatic heterocycles. The quantitative estimate of drug-likeness (QED) is 0.796. The van der Waals surface area contributed by atoms with Gasteiger partial charge in [0.2, 0.25) is 5.91 Å². The fourth-order valence-electron chi connectivity index (χ4n) is 3.15. The highest BCUT2D eigenvalue weighted by Gasteiger charge is 2.19. The number of ketones is 1. The molecule has 0 bridgehead atoms. The van der Waals surface area contributed by atoms with Gasteiger partial charge in [0.1, 0.15) is 5.75 Å². The molecule has 1 heterocycles. The first-order chi connectivity index (χ1) is 13.0. The molecule has 142 valence electrons. The van der Waals surface area contributed by atoms with Crippen LogP contribution in [-0.4, -0.2) is 56.4 Å². The Morgan fingerprint density at radius 3 is 2.15 bits per heavy atom. The Kier molecular flexibility index (Phi) is 6.08. The number of methoxy groups -OCH3 is 1. The van der Waals surface area contributed by atoms with Gasteiger partial charge in [0.05, 0.1) is 13.7 Å². The standard InChI is InChI=1S/C21H25N3O3/c1-16(25)17-3-7-19(8-4-17)24-13-11-23(12-14-24)15-21(26)22-18-5-9-20(27-2)10-6-18/h3-10H,11-15H2,1-2H3,(H,22,26). The fraction of sp³-hybridized carbons (Fsp3) is 0.333. The Bertz CT molecular complexity index is 779. The minimum atomic E-state index is -0.0144. The molecule has 1 N–H and O–H groups in total. The minimum absolute atomic E-state index is 0.0144. The molecule has 3 rings (SSSR count). The first kappa shape index (κ1) is 18.9. The van der Waals surface area contributed by atoms with Crippen molar-refractivity contribution in [2.45, 2.75) is 6.92 Å². The Morgan fingerprint density at radius 1 is 0.963 bits per heavy atom. The topological polar surface area (TPSA) is 61.9 Å². The number of piperazine rings is 1. The number of nitrogens with one attached hydrogen (secondary N) is 1. The van der Waals surface area contributed by atoms with Crippen LogP contribution < -0.4 is 15.0 Å². The number of amides is 1. The van der Waals surface area contributed by atoms with Crippen LogP contribution in [0.25, 0.3) is 0 Å². The van der Waals surface area contributed by atoms with E-state index in [0.29, 0.717) is 6.54 Å². The lowest BCUT2D eigenvalue weighted by molar-refractivity contribution is -0.117. The second-order valence-electron chi connectivity index (χ2n) is 6.64. The summed E-state index contributed by atoms with van der Waals surface area (Å²) in [5.41, 5.74) is 2.61.